The quantitative estimate of drug-likeness (QED) is 0.839. The summed E-state index contributed by atoms with van der Waals surface area (Å²) in [6, 6.07) is 11.9. The highest BCUT2D eigenvalue weighted by Crippen LogP contribution is 2.31. The Bertz CT molecular complexity index is 697. The van der Waals surface area contributed by atoms with Gasteiger partial charge in [0.2, 0.25) is 10.0 Å². The molecule has 0 aromatic heterocycles. The highest BCUT2D eigenvalue weighted by atomic mass is 32.2. The summed E-state index contributed by atoms with van der Waals surface area (Å²) in [6.07, 6.45) is 0. The second-order valence-electron chi connectivity index (χ2n) is 4.10. The molecule has 2 rings (SSSR count). The van der Waals surface area contributed by atoms with E-state index >= 15 is 0 Å². The Hall–Kier alpha value is -2.05. The van der Waals surface area contributed by atoms with Crippen LogP contribution in [0.25, 0.3) is 0 Å². The molecular formula is C13H14N2O3S. The van der Waals surface area contributed by atoms with Gasteiger partial charge in [0.1, 0.15) is 11.5 Å². The maximum absolute atomic E-state index is 11.5. The lowest BCUT2D eigenvalue weighted by Crippen LogP contribution is -2.14. The Labute approximate surface area is 111 Å². The second-order valence-corrected chi connectivity index (χ2v) is 5.63. The van der Waals surface area contributed by atoms with Crippen LogP contribution >= 0.6 is 0 Å². The van der Waals surface area contributed by atoms with Crippen molar-refractivity contribution >= 4 is 15.7 Å². The molecule has 0 radical (unpaired) electrons. The topological polar surface area (TPSA) is 95.4 Å². The van der Waals surface area contributed by atoms with Crippen molar-refractivity contribution in [1.82, 2.24) is 0 Å². The van der Waals surface area contributed by atoms with E-state index in [1.165, 1.54) is 6.07 Å². The second kappa shape index (κ2) is 4.91. The van der Waals surface area contributed by atoms with Crippen LogP contribution in [0.5, 0.6) is 11.5 Å². The largest absolute Gasteiger partial charge is 0.457 e. The van der Waals surface area contributed by atoms with Gasteiger partial charge in [-0.1, -0.05) is 18.2 Å². The minimum Gasteiger partial charge on any atom is -0.457 e. The fraction of sp³-hybridized carbons (Fsp3) is 0.0769. The minimum atomic E-state index is -3.83. The average Bonchev–Trinajstić information content (AvgIpc) is 2.33. The molecule has 0 saturated carbocycles. The summed E-state index contributed by atoms with van der Waals surface area (Å²) in [7, 11) is -3.83. The van der Waals surface area contributed by atoms with Gasteiger partial charge in [-0.2, -0.15) is 0 Å². The Kier molecular flexibility index (Phi) is 3.46. The van der Waals surface area contributed by atoms with Crippen molar-refractivity contribution in [3.05, 3.63) is 48.0 Å². The molecule has 5 nitrogen and oxygen atoms in total. The van der Waals surface area contributed by atoms with Gasteiger partial charge < -0.3 is 10.5 Å². The number of anilines is 1. The molecule has 6 heteroatoms. The molecule has 0 atom stereocenters. The molecule has 0 amide bonds. The van der Waals surface area contributed by atoms with E-state index in [-0.39, 0.29) is 10.6 Å². The van der Waals surface area contributed by atoms with Crippen molar-refractivity contribution in [3.63, 3.8) is 0 Å². The van der Waals surface area contributed by atoms with Crippen LogP contribution in [0.1, 0.15) is 5.56 Å². The monoisotopic (exact) mass is 278 g/mol. The van der Waals surface area contributed by atoms with Crippen molar-refractivity contribution in [2.45, 2.75) is 11.8 Å². The summed E-state index contributed by atoms with van der Waals surface area (Å²) in [4.78, 5) is -0.0292. The zero-order valence-corrected chi connectivity index (χ0v) is 11.1. The standard InChI is InChI=1S/C13H14N2O3S/c1-9-12(18-11-5-3-2-4-6-11)7-10(14)8-13(9)19(15,16)17/h2-8H,14H2,1H3,(H2,15,16,17). The summed E-state index contributed by atoms with van der Waals surface area (Å²) < 4.78 is 28.6. The fourth-order valence-electron chi connectivity index (χ4n) is 1.70. The number of hydrogen-bond acceptors (Lipinski definition) is 4. The van der Waals surface area contributed by atoms with Crippen molar-refractivity contribution < 1.29 is 13.2 Å². The molecule has 2 aromatic rings. The van der Waals surface area contributed by atoms with Gasteiger partial charge in [0.05, 0.1) is 4.90 Å². The lowest BCUT2D eigenvalue weighted by atomic mass is 10.2. The van der Waals surface area contributed by atoms with E-state index in [1.54, 1.807) is 25.1 Å². The first-order valence-corrected chi connectivity index (χ1v) is 7.08. The van der Waals surface area contributed by atoms with Gasteiger partial charge in [0.15, 0.2) is 0 Å². The lowest BCUT2D eigenvalue weighted by molar-refractivity contribution is 0.476. The fourth-order valence-corrected chi connectivity index (χ4v) is 2.53. The number of para-hydroxylation sites is 1. The predicted octanol–water partition coefficient (Wildman–Crippen LogP) is 2.02. The molecule has 0 aliphatic rings. The molecule has 0 aliphatic heterocycles. The van der Waals surface area contributed by atoms with Gasteiger partial charge in [0, 0.05) is 17.3 Å². The maximum Gasteiger partial charge on any atom is 0.238 e. The number of nitrogens with two attached hydrogens (primary N) is 2. The van der Waals surface area contributed by atoms with E-state index in [9.17, 15) is 8.42 Å². The zero-order valence-electron chi connectivity index (χ0n) is 10.3. The Balaban J connectivity index is 2.50. The van der Waals surface area contributed by atoms with Gasteiger partial charge in [-0.05, 0) is 25.1 Å². The van der Waals surface area contributed by atoms with Crippen LogP contribution in [0, 0.1) is 6.92 Å². The van der Waals surface area contributed by atoms with Crippen molar-refractivity contribution in [2.75, 3.05) is 5.73 Å². The number of hydrogen-bond donors (Lipinski definition) is 2. The highest BCUT2D eigenvalue weighted by Gasteiger charge is 2.16. The summed E-state index contributed by atoms with van der Waals surface area (Å²) in [5.41, 5.74) is 6.39. The third kappa shape index (κ3) is 3.04. The van der Waals surface area contributed by atoms with Gasteiger partial charge >= 0.3 is 0 Å². The Morgan fingerprint density at radius 3 is 2.32 bits per heavy atom. The number of ether oxygens (including phenoxy) is 1. The first-order chi connectivity index (χ1) is 8.88. The van der Waals surface area contributed by atoms with Crippen LogP contribution in [0.4, 0.5) is 5.69 Å². The van der Waals surface area contributed by atoms with Gasteiger partial charge in [0.25, 0.3) is 0 Å². The maximum atomic E-state index is 11.5. The van der Waals surface area contributed by atoms with E-state index < -0.39 is 10.0 Å². The molecule has 4 N–H and O–H groups in total. The molecular weight excluding hydrogens is 264 g/mol. The molecule has 0 heterocycles. The molecule has 19 heavy (non-hydrogen) atoms. The summed E-state index contributed by atoms with van der Waals surface area (Å²) >= 11 is 0. The molecule has 100 valence electrons. The summed E-state index contributed by atoms with van der Waals surface area (Å²) in [5, 5.41) is 5.15. The van der Waals surface area contributed by atoms with Crippen LogP contribution < -0.4 is 15.6 Å². The lowest BCUT2D eigenvalue weighted by Gasteiger charge is -2.12. The summed E-state index contributed by atoms with van der Waals surface area (Å²) in [6.45, 7) is 1.62. The molecule has 0 bridgehead atoms. The minimum absolute atomic E-state index is 0.0292. The zero-order chi connectivity index (χ0) is 14.0. The molecule has 0 fully saturated rings. The predicted molar refractivity (Wildman–Crippen MR) is 73.5 cm³/mol. The number of sulfonamides is 1. The van der Waals surface area contributed by atoms with Gasteiger partial charge in [-0.15, -0.1) is 0 Å². The van der Waals surface area contributed by atoms with E-state index in [1.807, 2.05) is 18.2 Å². The first kappa shape index (κ1) is 13.4. The van der Waals surface area contributed by atoms with Crippen LogP contribution in [-0.4, -0.2) is 8.42 Å². The molecule has 0 saturated heterocycles. The van der Waals surface area contributed by atoms with E-state index in [4.69, 9.17) is 15.6 Å². The Morgan fingerprint density at radius 2 is 1.74 bits per heavy atom. The molecule has 0 aliphatic carbocycles. The van der Waals surface area contributed by atoms with Crippen LogP contribution in [0.2, 0.25) is 0 Å². The SMILES string of the molecule is Cc1c(Oc2ccccc2)cc(N)cc1S(N)(=O)=O. The number of primary sulfonamides is 1. The van der Waals surface area contributed by atoms with E-state index in [0.29, 0.717) is 17.1 Å². The van der Waals surface area contributed by atoms with Crippen LogP contribution in [-0.2, 0) is 10.0 Å². The number of rotatable bonds is 3. The normalized spacial score (nSPS) is 11.3. The van der Waals surface area contributed by atoms with Crippen molar-refractivity contribution in [1.29, 1.82) is 0 Å². The molecule has 0 spiro atoms. The molecule has 0 unspecified atom stereocenters. The molecule has 2 aromatic carbocycles. The third-order valence-electron chi connectivity index (χ3n) is 2.61. The van der Waals surface area contributed by atoms with Crippen molar-refractivity contribution in [2.24, 2.45) is 5.14 Å². The third-order valence-corrected chi connectivity index (χ3v) is 3.65. The smallest absolute Gasteiger partial charge is 0.238 e. The van der Waals surface area contributed by atoms with Crippen LogP contribution in [0.15, 0.2) is 47.4 Å². The Morgan fingerprint density at radius 1 is 1.11 bits per heavy atom. The van der Waals surface area contributed by atoms with Crippen LogP contribution in [0.3, 0.4) is 0 Å². The van der Waals surface area contributed by atoms with E-state index in [2.05, 4.69) is 0 Å². The number of nitrogen functional groups attached to an aromatic ring is 1. The van der Waals surface area contributed by atoms with Gasteiger partial charge in [-0.25, -0.2) is 13.6 Å². The average molecular weight is 278 g/mol. The van der Waals surface area contributed by atoms with Crippen molar-refractivity contribution in [3.8, 4) is 11.5 Å². The van der Waals surface area contributed by atoms with Gasteiger partial charge in [-0.3, -0.25) is 0 Å². The first-order valence-electron chi connectivity index (χ1n) is 5.54. The summed E-state index contributed by atoms with van der Waals surface area (Å²) in [5.74, 6) is 0.965. The number of benzene rings is 2. The van der Waals surface area contributed by atoms with E-state index in [0.717, 1.165) is 0 Å². The highest BCUT2D eigenvalue weighted by molar-refractivity contribution is 7.89.